The number of hydrogen-bond acceptors (Lipinski definition) is 6. The lowest BCUT2D eigenvalue weighted by Gasteiger charge is -2.18. The molecule has 2 bridgehead atoms. The Morgan fingerprint density at radius 3 is 2.38 bits per heavy atom. The lowest BCUT2D eigenvalue weighted by atomic mass is 9.81. The van der Waals surface area contributed by atoms with Crippen LogP contribution in [0.25, 0.3) is 0 Å². The molecule has 29 heavy (non-hydrogen) atoms. The lowest BCUT2D eigenvalue weighted by molar-refractivity contribution is -0.124. The largest absolute Gasteiger partial charge is 0.373 e. The summed E-state index contributed by atoms with van der Waals surface area (Å²) in [7, 11) is 1.78. The standard InChI is InChI=1S/C19H22N6O4/c1-4-24-16(17(26)22-10-7-20-23(3)9(10)2)11(8-21-24)25-18(27)14-12-5-6-13(29-12)15(14)19(25)28/h7-8,12-15H,4-6H2,1-3H3,(H,22,26)/t12-,13-,14-,15-/m0/s1. The molecule has 0 spiro atoms. The first-order valence-electron chi connectivity index (χ1n) is 9.81. The van der Waals surface area contributed by atoms with Crippen LogP contribution in [-0.2, 0) is 27.9 Å². The van der Waals surface area contributed by atoms with Crippen LogP contribution < -0.4 is 10.2 Å². The molecule has 5 rings (SSSR count). The molecule has 2 aromatic heterocycles. The minimum atomic E-state index is -0.456. The van der Waals surface area contributed by atoms with Crippen LogP contribution in [0.1, 0.15) is 35.9 Å². The molecule has 10 heteroatoms. The molecule has 0 aliphatic carbocycles. The first kappa shape index (κ1) is 18.0. The first-order chi connectivity index (χ1) is 13.9. The molecule has 3 aliphatic rings. The molecule has 3 saturated heterocycles. The number of rotatable bonds is 4. The summed E-state index contributed by atoms with van der Waals surface area (Å²) < 4.78 is 8.93. The summed E-state index contributed by atoms with van der Waals surface area (Å²) in [4.78, 5) is 40.5. The fourth-order valence-electron chi connectivity index (χ4n) is 4.76. The molecule has 0 unspecified atom stereocenters. The summed E-state index contributed by atoms with van der Waals surface area (Å²) in [5.41, 5.74) is 1.77. The lowest BCUT2D eigenvalue weighted by Crippen LogP contribution is -2.35. The van der Waals surface area contributed by atoms with Gasteiger partial charge in [-0.05, 0) is 26.7 Å². The van der Waals surface area contributed by atoms with Crippen molar-refractivity contribution in [1.82, 2.24) is 19.6 Å². The maximum Gasteiger partial charge on any atom is 0.276 e. The fourth-order valence-corrected chi connectivity index (χ4v) is 4.76. The number of imide groups is 1. The number of aryl methyl sites for hydroxylation is 2. The number of amides is 3. The van der Waals surface area contributed by atoms with Gasteiger partial charge in [0.1, 0.15) is 5.69 Å². The van der Waals surface area contributed by atoms with E-state index in [0.717, 1.165) is 23.4 Å². The van der Waals surface area contributed by atoms with E-state index < -0.39 is 17.7 Å². The zero-order chi connectivity index (χ0) is 20.4. The van der Waals surface area contributed by atoms with Gasteiger partial charge in [-0.1, -0.05) is 0 Å². The molecule has 0 radical (unpaired) electrons. The average molecular weight is 398 g/mol. The van der Waals surface area contributed by atoms with Gasteiger partial charge >= 0.3 is 0 Å². The predicted octanol–water partition coefficient (Wildman–Crippen LogP) is 0.864. The van der Waals surface area contributed by atoms with Crippen LogP contribution in [0.3, 0.4) is 0 Å². The second-order valence-corrected chi connectivity index (χ2v) is 7.77. The van der Waals surface area contributed by atoms with Crippen LogP contribution in [0.4, 0.5) is 11.4 Å². The van der Waals surface area contributed by atoms with Gasteiger partial charge in [0.2, 0.25) is 11.8 Å². The first-order valence-corrected chi connectivity index (χ1v) is 9.81. The van der Waals surface area contributed by atoms with Crippen molar-refractivity contribution in [2.24, 2.45) is 18.9 Å². The van der Waals surface area contributed by atoms with Gasteiger partial charge in [-0.15, -0.1) is 0 Å². The van der Waals surface area contributed by atoms with E-state index in [9.17, 15) is 14.4 Å². The fraction of sp³-hybridized carbons (Fsp3) is 0.526. The van der Waals surface area contributed by atoms with Gasteiger partial charge in [0.15, 0.2) is 5.69 Å². The number of aromatic nitrogens is 4. The number of fused-ring (bicyclic) bond motifs is 5. The monoisotopic (exact) mass is 398 g/mol. The molecule has 152 valence electrons. The minimum absolute atomic E-state index is 0.186. The van der Waals surface area contributed by atoms with E-state index in [1.165, 1.54) is 10.9 Å². The Morgan fingerprint density at radius 1 is 1.17 bits per heavy atom. The number of ether oxygens (including phenoxy) is 1. The number of nitrogens with one attached hydrogen (secondary N) is 1. The molecule has 3 amide bonds. The number of anilines is 2. The van der Waals surface area contributed by atoms with Crippen LogP contribution in [-0.4, -0.2) is 49.5 Å². The Bertz CT molecular complexity index is 1010. The van der Waals surface area contributed by atoms with Gasteiger partial charge in [0, 0.05) is 13.6 Å². The normalized spacial score (nSPS) is 27.8. The number of hydrogen-bond donors (Lipinski definition) is 1. The van der Waals surface area contributed by atoms with Gasteiger partial charge in [-0.3, -0.25) is 23.7 Å². The zero-order valence-corrected chi connectivity index (χ0v) is 16.5. The summed E-state index contributed by atoms with van der Waals surface area (Å²) in [6.45, 7) is 4.11. The summed E-state index contributed by atoms with van der Waals surface area (Å²) in [6.07, 6.45) is 4.16. The highest BCUT2D eigenvalue weighted by atomic mass is 16.5. The van der Waals surface area contributed by atoms with Crippen LogP contribution >= 0.6 is 0 Å². The van der Waals surface area contributed by atoms with Crippen LogP contribution in [0, 0.1) is 18.8 Å². The quantitative estimate of drug-likeness (QED) is 0.765. The number of carbonyl (C=O) groups is 3. The van der Waals surface area contributed by atoms with Gasteiger partial charge in [-0.2, -0.15) is 10.2 Å². The molecule has 3 fully saturated rings. The third-order valence-electron chi connectivity index (χ3n) is 6.34. The van der Waals surface area contributed by atoms with Crippen LogP contribution in [0.15, 0.2) is 12.4 Å². The van der Waals surface area contributed by atoms with Gasteiger partial charge in [0.05, 0.1) is 47.8 Å². The highest BCUT2D eigenvalue weighted by molar-refractivity contribution is 6.25. The van der Waals surface area contributed by atoms with E-state index >= 15 is 0 Å². The molecule has 5 heterocycles. The number of nitrogens with zero attached hydrogens (tertiary/aromatic N) is 5. The van der Waals surface area contributed by atoms with Crippen molar-refractivity contribution in [3.8, 4) is 0 Å². The summed E-state index contributed by atoms with van der Waals surface area (Å²) >= 11 is 0. The van der Waals surface area contributed by atoms with Crippen molar-refractivity contribution in [1.29, 1.82) is 0 Å². The van der Waals surface area contributed by atoms with Gasteiger partial charge < -0.3 is 10.1 Å². The van der Waals surface area contributed by atoms with E-state index in [1.54, 1.807) is 17.9 Å². The maximum absolute atomic E-state index is 13.1. The summed E-state index contributed by atoms with van der Waals surface area (Å²) in [5, 5.41) is 11.2. The van der Waals surface area contributed by atoms with Crippen molar-refractivity contribution >= 4 is 29.1 Å². The third kappa shape index (κ3) is 2.41. The molecule has 1 N–H and O–H groups in total. The zero-order valence-electron chi connectivity index (χ0n) is 16.5. The van der Waals surface area contributed by atoms with Crippen LogP contribution in [0.5, 0.6) is 0 Å². The smallest absolute Gasteiger partial charge is 0.276 e. The highest BCUT2D eigenvalue weighted by Gasteiger charge is 2.63. The SMILES string of the molecule is CCn1ncc(N2C(=O)[C@@H]3[C@@H](C2=O)[C@@H]2CC[C@@H]3O2)c1C(=O)Nc1cnn(C)c1C. The summed E-state index contributed by atoms with van der Waals surface area (Å²) in [6, 6.07) is 0. The Labute approximate surface area is 166 Å². The Balaban J connectivity index is 1.51. The van der Waals surface area contributed by atoms with E-state index in [0.29, 0.717) is 12.2 Å². The van der Waals surface area contributed by atoms with Crippen molar-refractivity contribution < 1.29 is 19.1 Å². The Morgan fingerprint density at radius 2 is 1.83 bits per heavy atom. The average Bonchev–Trinajstić information content (AvgIpc) is 3.49. The molecule has 4 atom stereocenters. The number of carbonyl (C=O) groups excluding carboxylic acids is 3. The van der Waals surface area contributed by atoms with Crippen molar-refractivity contribution in [3.63, 3.8) is 0 Å². The van der Waals surface area contributed by atoms with Gasteiger partial charge in [-0.25, -0.2) is 4.90 Å². The Kier molecular flexibility index (Phi) is 3.89. The van der Waals surface area contributed by atoms with E-state index in [-0.39, 0.29) is 35.4 Å². The molecule has 2 aromatic rings. The highest BCUT2D eigenvalue weighted by Crippen LogP contribution is 2.49. The molecule has 0 saturated carbocycles. The molecule has 0 aromatic carbocycles. The molecule has 10 nitrogen and oxygen atoms in total. The summed E-state index contributed by atoms with van der Waals surface area (Å²) in [5.74, 6) is -1.94. The van der Waals surface area contributed by atoms with Crippen molar-refractivity contribution in [3.05, 3.63) is 23.8 Å². The second kappa shape index (κ2) is 6.24. The second-order valence-electron chi connectivity index (χ2n) is 7.77. The predicted molar refractivity (Wildman–Crippen MR) is 101 cm³/mol. The van der Waals surface area contributed by atoms with E-state index in [4.69, 9.17) is 4.74 Å². The molecular formula is C19H22N6O4. The van der Waals surface area contributed by atoms with Crippen LogP contribution in [0.2, 0.25) is 0 Å². The molecular weight excluding hydrogens is 376 g/mol. The van der Waals surface area contributed by atoms with Crippen molar-refractivity contribution in [2.45, 2.75) is 45.4 Å². The van der Waals surface area contributed by atoms with Gasteiger partial charge in [0.25, 0.3) is 5.91 Å². The molecule has 3 aliphatic heterocycles. The third-order valence-corrected chi connectivity index (χ3v) is 6.34. The minimum Gasteiger partial charge on any atom is -0.373 e. The maximum atomic E-state index is 13.1. The Hall–Kier alpha value is -3.01. The topological polar surface area (TPSA) is 111 Å². The van der Waals surface area contributed by atoms with E-state index in [2.05, 4.69) is 15.5 Å². The van der Waals surface area contributed by atoms with E-state index in [1.807, 2.05) is 13.8 Å². The van der Waals surface area contributed by atoms with Crippen molar-refractivity contribution in [2.75, 3.05) is 10.2 Å².